The summed E-state index contributed by atoms with van der Waals surface area (Å²) in [4.78, 5) is 36.0. The fourth-order valence-corrected chi connectivity index (χ4v) is 2.91. The van der Waals surface area contributed by atoms with Crippen molar-refractivity contribution >= 4 is 23.7 Å². The highest BCUT2D eigenvalue weighted by atomic mass is 16.6. The lowest BCUT2D eigenvalue weighted by molar-refractivity contribution is -0.125. The first-order valence-corrected chi connectivity index (χ1v) is 9.12. The van der Waals surface area contributed by atoms with E-state index in [1.165, 1.54) is 12.1 Å². The molecule has 8 nitrogen and oxygen atoms in total. The zero-order valence-corrected chi connectivity index (χ0v) is 16.3. The average molecular weight is 387 g/mol. The maximum Gasteiger partial charge on any atom is 0.412 e. The van der Waals surface area contributed by atoms with Crippen LogP contribution < -0.4 is 10.6 Å². The van der Waals surface area contributed by atoms with Crippen LogP contribution in [0, 0.1) is 11.3 Å². The summed E-state index contributed by atoms with van der Waals surface area (Å²) in [6.45, 7) is 4.75. The molecular formula is C20H25N3O5. The number of rotatable bonds is 5. The molecule has 150 valence electrons. The predicted molar refractivity (Wildman–Crippen MR) is 102 cm³/mol. The number of nitrogens with one attached hydrogen (secondary N) is 2. The Hall–Kier alpha value is -3.08. The molecule has 8 heteroatoms. The van der Waals surface area contributed by atoms with Crippen molar-refractivity contribution < 1.29 is 23.9 Å². The van der Waals surface area contributed by atoms with Crippen LogP contribution in [0.2, 0.25) is 0 Å². The molecule has 0 spiro atoms. The second-order valence-electron chi connectivity index (χ2n) is 7.73. The minimum absolute atomic E-state index is 0.178. The van der Waals surface area contributed by atoms with Gasteiger partial charge in [0.15, 0.2) is 6.61 Å². The fourth-order valence-electron chi connectivity index (χ4n) is 2.91. The second-order valence-corrected chi connectivity index (χ2v) is 7.73. The number of anilines is 1. The van der Waals surface area contributed by atoms with Crippen molar-refractivity contribution in [2.24, 2.45) is 0 Å². The van der Waals surface area contributed by atoms with Crippen molar-refractivity contribution in [1.29, 1.82) is 5.26 Å². The van der Waals surface area contributed by atoms with E-state index < -0.39 is 35.7 Å². The van der Waals surface area contributed by atoms with Crippen LogP contribution in [0.3, 0.4) is 0 Å². The Morgan fingerprint density at radius 2 is 1.89 bits per heavy atom. The summed E-state index contributed by atoms with van der Waals surface area (Å²) < 4.78 is 10.2. The third-order valence-electron chi connectivity index (χ3n) is 4.13. The van der Waals surface area contributed by atoms with E-state index in [1.54, 1.807) is 32.9 Å². The lowest BCUT2D eigenvalue weighted by Gasteiger charge is -2.21. The van der Waals surface area contributed by atoms with Gasteiger partial charge in [-0.3, -0.25) is 10.1 Å². The SMILES string of the molecule is CC(C)(C)OC(=O)Nc1cccc(C(=O)OCC(=O)NC2(C#N)CCCC2)c1. The molecule has 0 radical (unpaired) electrons. The van der Waals surface area contributed by atoms with Crippen molar-refractivity contribution in [3.63, 3.8) is 0 Å². The second kappa shape index (κ2) is 8.74. The van der Waals surface area contributed by atoms with Crippen LogP contribution >= 0.6 is 0 Å². The Morgan fingerprint density at radius 1 is 1.21 bits per heavy atom. The van der Waals surface area contributed by atoms with Crippen LogP contribution in [-0.4, -0.2) is 35.7 Å². The van der Waals surface area contributed by atoms with Crippen molar-refractivity contribution in [1.82, 2.24) is 5.32 Å². The Labute approximate surface area is 164 Å². The minimum Gasteiger partial charge on any atom is -0.452 e. The van der Waals surface area contributed by atoms with E-state index in [0.29, 0.717) is 18.5 Å². The van der Waals surface area contributed by atoms with Crippen LogP contribution in [0.5, 0.6) is 0 Å². The van der Waals surface area contributed by atoms with Crippen molar-refractivity contribution in [3.05, 3.63) is 29.8 Å². The quantitative estimate of drug-likeness (QED) is 0.750. The summed E-state index contributed by atoms with van der Waals surface area (Å²) in [5.74, 6) is -1.22. The molecule has 0 atom stereocenters. The highest BCUT2D eigenvalue weighted by Crippen LogP contribution is 2.28. The standard InChI is InChI=1S/C20H25N3O5/c1-19(2,3)28-18(26)22-15-8-6-7-14(11-15)17(25)27-12-16(24)23-20(13-21)9-4-5-10-20/h6-8,11H,4-5,9-10,12H2,1-3H3,(H,22,26)(H,23,24). The molecule has 1 saturated carbocycles. The number of amides is 2. The molecule has 1 aliphatic carbocycles. The van der Waals surface area contributed by atoms with E-state index >= 15 is 0 Å². The van der Waals surface area contributed by atoms with Crippen LogP contribution in [0.4, 0.5) is 10.5 Å². The number of nitrogens with zero attached hydrogens (tertiary/aromatic N) is 1. The average Bonchev–Trinajstić information content (AvgIpc) is 3.07. The van der Waals surface area contributed by atoms with Gasteiger partial charge in [0.25, 0.3) is 5.91 Å². The Morgan fingerprint density at radius 3 is 2.50 bits per heavy atom. The number of hydrogen-bond donors (Lipinski definition) is 2. The highest BCUT2D eigenvalue weighted by Gasteiger charge is 2.35. The van der Waals surface area contributed by atoms with E-state index in [0.717, 1.165) is 12.8 Å². The number of benzene rings is 1. The van der Waals surface area contributed by atoms with Gasteiger partial charge < -0.3 is 14.8 Å². The molecule has 0 bridgehead atoms. The van der Waals surface area contributed by atoms with E-state index in [4.69, 9.17) is 9.47 Å². The topological polar surface area (TPSA) is 118 Å². The van der Waals surface area contributed by atoms with Gasteiger partial charge in [0.05, 0.1) is 11.6 Å². The number of esters is 1. The van der Waals surface area contributed by atoms with Crippen molar-refractivity contribution in [3.8, 4) is 6.07 Å². The molecule has 0 aliphatic heterocycles. The first-order chi connectivity index (χ1) is 13.1. The number of nitriles is 1. The highest BCUT2D eigenvalue weighted by molar-refractivity contribution is 5.94. The molecule has 0 unspecified atom stereocenters. The Bertz CT molecular complexity index is 786. The lowest BCUT2D eigenvalue weighted by Crippen LogP contribution is -2.46. The van der Waals surface area contributed by atoms with Gasteiger partial charge in [-0.25, -0.2) is 9.59 Å². The van der Waals surface area contributed by atoms with Gasteiger partial charge in [0.1, 0.15) is 11.1 Å². The van der Waals surface area contributed by atoms with Crippen LogP contribution in [0.1, 0.15) is 56.8 Å². The normalized spacial score (nSPS) is 15.2. The van der Waals surface area contributed by atoms with Gasteiger partial charge in [0.2, 0.25) is 0 Å². The van der Waals surface area contributed by atoms with Gasteiger partial charge in [-0.1, -0.05) is 6.07 Å². The third kappa shape index (κ3) is 6.27. The number of carbonyl (C=O) groups excluding carboxylic acids is 3. The van der Waals surface area contributed by atoms with Gasteiger partial charge in [-0.05, 0) is 64.7 Å². The predicted octanol–water partition coefficient (Wildman–Crippen LogP) is 3.14. The fraction of sp³-hybridized carbons (Fsp3) is 0.500. The van der Waals surface area contributed by atoms with E-state index in [1.807, 2.05) is 0 Å². The summed E-state index contributed by atoms with van der Waals surface area (Å²) >= 11 is 0. The minimum atomic E-state index is -0.860. The molecule has 28 heavy (non-hydrogen) atoms. The van der Waals surface area contributed by atoms with Gasteiger partial charge in [-0.2, -0.15) is 5.26 Å². The molecule has 0 saturated heterocycles. The number of carbonyl (C=O) groups is 3. The summed E-state index contributed by atoms with van der Waals surface area (Å²) in [6.07, 6.45) is 2.31. The molecular weight excluding hydrogens is 362 g/mol. The largest absolute Gasteiger partial charge is 0.452 e. The molecule has 1 aromatic rings. The lowest BCUT2D eigenvalue weighted by atomic mass is 10.00. The van der Waals surface area contributed by atoms with E-state index in [2.05, 4.69) is 16.7 Å². The first-order valence-electron chi connectivity index (χ1n) is 9.12. The van der Waals surface area contributed by atoms with E-state index in [-0.39, 0.29) is 5.56 Å². The monoisotopic (exact) mass is 387 g/mol. The molecule has 2 N–H and O–H groups in total. The summed E-state index contributed by atoms with van der Waals surface area (Å²) in [7, 11) is 0. The summed E-state index contributed by atoms with van der Waals surface area (Å²) in [5.41, 5.74) is -0.964. The smallest absolute Gasteiger partial charge is 0.412 e. The maximum atomic E-state index is 12.2. The molecule has 2 rings (SSSR count). The molecule has 1 fully saturated rings. The number of hydrogen-bond acceptors (Lipinski definition) is 6. The molecule has 1 aromatic carbocycles. The maximum absolute atomic E-state index is 12.2. The summed E-state index contributed by atoms with van der Waals surface area (Å²) in [6, 6.07) is 8.26. The van der Waals surface area contributed by atoms with Gasteiger partial charge in [-0.15, -0.1) is 0 Å². The van der Waals surface area contributed by atoms with Crippen LogP contribution in [0.25, 0.3) is 0 Å². The molecule has 0 aromatic heterocycles. The molecule has 0 heterocycles. The Kier molecular flexibility index (Phi) is 6.62. The van der Waals surface area contributed by atoms with Crippen LogP contribution in [-0.2, 0) is 14.3 Å². The zero-order chi connectivity index (χ0) is 20.8. The first kappa shape index (κ1) is 21.2. The van der Waals surface area contributed by atoms with E-state index in [9.17, 15) is 19.6 Å². The van der Waals surface area contributed by atoms with Crippen molar-refractivity contribution in [2.75, 3.05) is 11.9 Å². The van der Waals surface area contributed by atoms with Gasteiger partial charge in [0, 0.05) is 5.69 Å². The molecule has 1 aliphatic rings. The summed E-state index contributed by atoms with van der Waals surface area (Å²) in [5, 5.41) is 14.5. The number of ether oxygens (including phenoxy) is 2. The Balaban J connectivity index is 1.89. The van der Waals surface area contributed by atoms with Crippen LogP contribution in [0.15, 0.2) is 24.3 Å². The zero-order valence-electron chi connectivity index (χ0n) is 16.3. The third-order valence-corrected chi connectivity index (χ3v) is 4.13. The molecule has 2 amide bonds. The van der Waals surface area contributed by atoms with Gasteiger partial charge >= 0.3 is 12.1 Å². The van der Waals surface area contributed by atoms with Crippen molar-refractivity contribution in [2.45, 2.75) is 57.6 Å².